The average Bonchev–Trinajstić information content (AvgIpc) is 3.16. The maximum atomic E-state index is 5.97. The average molecular weight is 317 g/mol. The van der Waals surface area contributed by atoms with Crippen molar-refractivity contribution in [3.8, 4) is 10.6 Å². The summed E-state index contributed by atoms with van der Waals surface area (Å²) in [4.78, 5) is 15.7. The van der Waals surface area contributed by atoms with Crippen LogP contribution in [0.25, 0.3) is 20.9 Å². The highest BCUT2D eigenvalue weighted by atomic mass is 35.5. The largest absolute Gasteiger partial charge is 0.357 e. The Kier molecular flexibility index (Phi) is 3.24. The van der Waals surface area contributed by atoms with E-state index in [0.29, 0.717) is 5.02 Å². The van der Waals surface area contributed by atoms with Crippen LogP contribution in [0.3, 0.4) is 0 Å². The third-order valence-corrected chi connectivity index (χ3v) is 4.89. The maximum Gasteiger partial charge on any atom is 0.171 e. The molecule has 4 nitrogen and oxygen atoms in total. The Hall–Kier alpha value is -1.72. The van der Waals surface area contributed by atoms with Crippen LogP contribution in [0, 0.1) is 0 Å². The zero-order valence-corrected chi connectivity index (χ0v) is 12.9. The van der Waals surface area contributed by atoms with Gasteiger partial charge in [-0.1, -0.05) is 11.6 Å². The van der Waals surface area contributed by atoms with Gasteiger partial charge in [-0.25, -0.2) is 15.0 Å². The first kappa shape index (κ1) is 13.0. The fourth-order valence-electron chi connectivity index (χ4n) is 2.57. The summed E-state index contributed by atoms with van der Waals surface area (Å²) in [6, 6.07) is 6.06. The highest BCUT2D eigenvalue weighted by Crippen LogP contribution is 2.31. The Labute approximate surface area is 131 Å². The molecule has 0 amide bonds. The molecule has 1 fully saturated rings. The Balaban J connectivity index is 1.67. The number of rotatable bonds is 2. The van der Waals surface area contributed by atoms with Gasteiger partial charge >= 0.3 is 0 Å². The van der Waals surface area contributed by atoms with Crippen LogP contribution >= 0.6 is 22.9 Å². The zero-order valence-electron chi connectivity index (χ0n) is 11.3. The molecule has 0 spiro atoms. The van der Waals surface area contributed by atoms with E-state index in [4.69, 9.17) is 11.6 Å². The van der Waals surface area contributed by atoms with Gasteiger partial charge in [-0.3, -0.25) is 0 Å². The van der Waals surface area contributed by atoms with Gasteiger partial charge in [-0.05, 0) is 31.0 Å². The van der Waals surface area contributed by atoms with Gasteiger partial charge in [-0.15, -0.1) is 11.3 Å². The smallest absolute Gasteiger partial charge is 0.171 e. The molecule has 3 aromatic heterocycles. The van der Waals surface area contributed by atoms with Crippen molar-refractivity contribution in [3.63, 3.8) is 0 Å². The summed E-state index contributed by atoms with van der Waals surface area (Å²) in [6.07, 6.45) is 6.04. The molecule has 0 radical (unpaired) electrons. The number of thiazole rings is 1. The van der Waals surface area contributed by atoms with E-state index in [1.54, 1.807) is 17.5 Å². The second kappa shape index (κ2) is 5.24. The number of pyridine rings is 2. The van der Waals surface area contributed by atoms with Gasteiger partial charge in [0, 0.05) is 31.0 Å². The standard InChI is InChI=1S/C15H13ClN4S/c16-11-7-12-14(18-9-11)19-15(21-12)10-3-4-13(17-8-10)20-5-1-2-6-20/h3-4,7-9H,1-2,5-6H2. The third-order valence-electron chi connectivity index (χ3n) is 3.64. The molecule has 0 N–H and O–H groups in total. The lowest BCUT2D eigenvalue weighted by atomic mass is 10.3. The fraction of sp³-hybridized carbons (Fsp3) is 0.267. The minimum Gasteiger partial charge on any atom is -0.357 e. The number of anilines is 1. The first-order valence-electron chi connectivity index (χ1n) is 6.93. The van der Waals surface area contributed by atoms with Gasteiger partial charge < -0.3 is 4.90 Å². The van der Waals surface area contributed by atoms with Gasteiger partial charge in [0.2, 0.25) is 0 Å². The maximum absolute atomic E-state index is 5.97. The SMILES string of the molecule is Clc1cnc2nc(-c3ccc(N4CCCC4)nc3)sc2c1. The summed E-state index contributed by atoms with van der Waals surface area (Å²) in [5, 5.41) is 1.57. The van der Waals surface area contributed by atoms with Crippen molar-refractivity contribution in [2.24, 2.45) is 0 Å². The Bertz CT molecular complexity index is 778. The van der Waals surface area contributed by atoms with Crippen molar-refractivity contribution in [2.45, 2.75) is 12.8 Å². The fourth-order valence-corrected chi connectivity index (χ4v) is 3.74. The van der Waals surface area contributed by atoms with Crippen molar-refractivity contribution in [3.05, 3.63) is 35.6 Å². The van der Waals surface area contributed by atoms with Crippen LogP contribution in [0.5, 0.6) is 0 Å². The normalized spacial score (nSPS) is 15.0. The summed E-state index contributed by atoms with van der Waals surface area (Å²) in [5.74, 6) is 1.05. The lowest BCUT2D eigenvalue weighted by molar-refractivity contribution is 0.938. The number of halogens is 1. The number of hydrogen-bond donors (Lipinski definition) is 0. The van der Waals surface area contributed by atoms with Crippen LogP contribution in [-0.4, -0.2) is 28.0 Å². The van der Waals surface area contributed by atoms with E-state index in [2.05, 4.69) is 32.0 Å². The van der Waals surface area contributed by atoms with Gasteiger partial charge in [0.25, 0.3) is 0 Å². The molecule has 1 aliphatic rings. The quantitative estimate of drug-likeness (QED) is 0.716. The van der Waals surface area contributed by atoms with E-state index in [1.165, 1.54) is 12.8 Å². The predicted molar refractivity (Wildman–Crippen MR) is 87.1 cm³/mol. The zero-order chi connectivity index (χ0) is 14.2. The van der Waals surface area contributed by atoms with E-state index in [9.17, 15) is 0 Å². The highest BCUT2D eigenvalue weighted by Gasteiger charge is 2.14. The lowest BCUT2D eigenvalue weighted by Crippen LogP contribution is -2.18. The number of aromatic nitrogens is 3. The van der Waals surface area contributed by atoms with Gasteiger partial charge in [-0.2, -0.15) is 0 Å². The molecule has 0 aliphatic carbocycles. The molecule has 0 bridgehead atoms. The number of hydrogen-bond acceptors (Lipinski definition) is 5. The summed E-state index contributed by atoms with van der Waals surface area (Å²) >= 11 is 7.56. The molecule has 6 heteroatoms. The van der Waals surface area contributed by atoms with Crippen LogP contribution < -0.4 is 4.90 Å². The topological polar surface area (TPSA) is 41.9 Å². The van der Waals surface area contributed by atoms with Crippen molar-refractivity contribution >= 4 is 39.1 Å². The van der Waals surface area contributed by atoms with Gasteiger partial charge in [0.05, 0.1) is 9.72 Å². The first-order chi connectivity index (χ1) is 10.3. The Morgan fingerprint density at radius 3 is 2.71 bits per heavy atom. The van der Waals surface area contributed by atoms with E-state index in [-0.39, 0.29) is 0 Å². The van der Waals surface area contributed by atoms with Gasteiger partial charge in [0.15, 0.2) is 5.65 Å². The number of fused-ring (bicyclic) bond motifs is 1. The van der Waals surface area contributed by atoms with E-state index < -0.39 is 0 Å². The monoisotopic (exact) mass is 316 g/mol. The van der Waals surface area contributed by atoms with E-state index >= 15 is 0 Å². The summed E-state index contributed by atoms with van der Waals surface area (Å²) in [5.41, 5.74) is 1.76. The summed E-state index contributed by atoms with van der Waals surface area (Å²) in [6.45, 7) is 2.21. The Morgan fingerprint density at radius 2 is 1.95 bits per heavy atom. The molecule has 1 aliphatic heterocycles. The first-order valence-corrected chi connectivity index (χ1v) is 8.12. The van der Waals surface area contributed by atoms with Crippen molar-refractivity contribution in [2.75, 3.05) is 18.0 Å². The number of nitrogens with zero attached hydrogens (tertiary/aromatic N) is 4. The summed E-state index contributed by atoms with van der Waals surface area (Å²) in [7, 11) is 0. The van der Waals surface area contributed by atoms with Crippen molar-refractivity contribution in [1.29, 1.82) is 0 Å². The molecular formula is C15H13ClN4S. The third kappa shape index (κ3) is 2.47. The molecule has 21 heavy (non-hydrogen) atoms. The van der Waals surface area contributed by atoms with Crippen molar-refractivity contribution < 1.29 is 0 Å². The van der Waals surface area contributed by atoms with Crippen molar-refractivity contribution in [1.82, 2.24) is 15.0 Å². The summed E-state index contributed by atoms with van der Waals surface area (Å²) < 4.78 is 1.00. The highest BCUT2D eigenvalue weighted by molar-refractivity contribution is 7.21. The van der Waals surface area contributed by atoms with Crippen LogP contribution in [-0.2, 0) is 0 Å². The van der Waals surface area contributed by atoms with Crippen LogP contribution in [0.4, 0.5) is 5.82 Å². The van der Waals surface area contributed by atoms with Crippen LogP contribution in [0.15, 0.2) is 30.6 Å². The minimum atomic E-state index is 0.639. The van der Waals surface area contributed by atoms with Crippen LogP contribution in [0.2, 0.25) is 5.02 Å². The molecule has 106 valence electrons. The molecule has 0 saturated carbocycles. The predicted octanol–water partition coefficient (Wildman–Crippen LogP) is 4.01. The van der Waals surface area contributed by atoms with Gasteiger partial charge in [0.1, 0.15) is 10.8 Å². The van der Waals surface area contributed by atoms with E-state index in [0.717, 1.165) is 39.8 Å². The second-order valence-corrected chi connectivity index (χ2v) is 6.56. The molecule has 0 atom stereocenters. The molecule has 0 unspecified atom stereocenters. The molecule has 4 heterocycles. The molecule has 3 aromatic rings. The Morgan fingerprint density at radius 1 is 1.10 bits per heavy atom. The molecule has 0 aromatic carbocycles. The minimum absolute atomic E-state index is 0.639. The van der Waals surface area contributed by atoms with E-state index in [1.807, 2.05) is 12.3 Å². The van der Waals surface area contributed by atoms with Crippen LogP contribution in [0.1, 0.15) is 12.8 Å². The molecular weight excluding hydrogens is 304 g/mol. The lowest BCUT2D eigenvalue weighted by Gasteiger charge is -2.15. The molecule has 1 saturated heterocycles. The molecule has 4 rings (SSSR count). The second-order valence-electron chi connectivity index (χ2n) is 5.09.